The first-order chi connectivity index (χ1) is 9.69. The van der Waals surface area contributed by atoms with Gasteiger partial charge in [0.2, 0.25) is 0 Å². The van der Waals surface area contributed by atoms with Crippen molar-refractivity contribution >= 4 is 16.9 Å². The number of H-pyrrole nitrogens is 1. The highest BCUT2D eigenvalue weighted by Gasteiger charge is 2.11. The van der Waals surface area contributed by atoms with E-state index in [-0.39, 0.29) is 11.4 Å². The van der Waals surface area contributed by atoms with Crippen molar-refractivity contribution in [1.82, 2.24) is 15.4 Å². The zero-order valence-electron chi connectivity index (χ0n) is 10.2. The van der Waals surface area contributed by atoms with Gasteiger partial charge in [-0.25, -0.2) is 14.9 Å². The summed E-state index contributed by atoms with van der Waals surface area (Å²) in [5.74, 6) is -0.603. The van der Waals surface area contributed by atoms with Crippen LogP contribution in [0.1, 0.15) is 10.4 Å². The molecule has 1 heterocycles. The minimum atomic E-state index is -0.617. The summed E-state index contributed by atoms with van der Waals surface area (Å²) in [5, 5.41) is 8.60. The molecule has 0 aliphatic carbocycles. The molecular formula is C14H10FN3O2. The van der Waals surface area contributed by atoms with Crippen molar-refractivity contribution in [3.63, 3.8) is 0 Å². The highest BCUT2D eigenvalue weighted by Crippen LogP contribution is 2.23. The van der Waals surface area contributed by atoms with Gasteiger partial charge in [-0.1, -0.05) is 12.1 Å². The van der Waals surface area contributed by atoms with E-state index in [1.165, 1.54) is 18.2 Å². The van der Waals surface area contributed by atoms with Crippen LogP contribution in [-0.4, -0.2) is 21.1 Å². The molecule has 20 heavy (non-hydrogen) atoms. The Balaban J connectivity index is 2.12. The Morgan fingerprint density at radius 2 is 2.05 bits per heavy atom. The van der Waals surface area contributed by atoms with Gasteiger partial charge in [-0.2, -0.15) is 0 Å². The molecule has 100 valence electrons. The number of hydroxylamine groups is 1. The number of halogens is 1. The molecule has 0 aliphatic rings. The number of hydrogen-bond donors (Lipinski definition) is 3. The molecule has 0 saturated heterocycles. The number of aromatic amines is 1. The lowest BCUT2D eigenvalue weighted by Gasteiger charge is -1.97. The van der Waals surface area contributed by atoms with Crippen molar-refractivity contribution in [1.29, 1.82) is 0 Å². The molecule has 0 radical (unpaired) electrons. The van der Waals surface area contributed by atoms with Gasteiger partial charge in [0.25, 0.3) is 5.91 Å². The van der Waals surface area contributed by atoms with E-state index in [0.717, 1.165) is 0 Å². The predicted molar refractivity (Wildman–Crippen MR) is 70.7 cm³/mol. The van der Waals surface area contributed by atoms with Gasteiger partial charge in [-0.05, 0) is 30.3 Å². The summed E-state index contributed by atoms with van der Waals surface area (Å²) in [6.07, 6.45) is 0. The lowest BCUT2D eigenvalue weighted by molar-refractivity contribution is 0.0706. The molecule has 0 atom stereocenters. The number of carbonyl (C=O) groups is 1. The van der Waals surface area contributed by atoms with Crippen LogP contribution in [0.2, 0.25) is 0 Å². The zero-order valence-corrected chi connectivity index (χ0v) is 10.2. The number of amides is 1. The van der Waals surface area contributed by atoms with Gasteiger partial charge >= 0.3 is 0 Å². The Morgan fingerprint density at radius 1 is 1.25 bits per heavy atom. The molecule has 0 bridgehead atoms. The average Bonchev–Trinajstić information content (AvgIpc) is 2.89. The van der Waals surface area contributed by atoms with Crippen LogP contribution >= 0.6 is 0 Å². The first-order valence-electron chi connectivity index (χ1n) is 5.88. The largest absolute Gasteiger partial charge is 0.338 e. The van der Waals surface area contributed by atoms with E-state index in [9.17, 15) is 9.18 Å². The fourth-order valence-corrected chi connectivity index (χ4v) is 2.00. The maximum Gasteiger partial charge on any atom is 0.274 e. The van der Waals surface area contributed by atoms with Crippen molar-refractivity contribution < 1.29 is 14.4 Å². The Labute approximate surface area is 113 Å². The zero-order chi connectivity index (χ0) is 14.1. The van der Waals surface area contributed by atoms with Gasteiger partial charge < -0.3 is 4.98 Å². The van der Waals surface area contributed by atoms with Gasteiger partial charge in [0.05, 0.1) is 16.6 Å². The van der Waals surface area contributed by atoms with Crippen LogP contribution in [0.3, 0.4) is 0 Å². The maximum absolute atomic E-state index is 13.7. The summed E-state index contributed by atoms with van der Waals surface area (Å²) in [4.78, 5) is 18.6. The molecule has 1 amide bonds. The van der Waals surface area contributed by atoms with E-state index in [1.54, 1.807) is 29.7 Å². The number of nitrogens with one attached hydrogen (secondary N) is 2. The molecule has 0 spiro atoms. The Kier molecular flexibility index (Phi) is 2.92. The Morgan fingerprint density at radius 3 is 2.80 bits per heavy atom. The average molecular weight is 271 g/mol. The molecule has 3 rings (SSSR count). The molecule has 0 saturated carbocycles. The van der Waals surface area contributed by atoms with Crippen LogP contribution < -0.4 is 5.48 Å². The molecule has 0 fully saturated rings. The topological polar surface area (TPSA) is 78.0 Å². The van der Waals surface area contributed by atoms with Crippen molar-refractivity contribution in [2.75, 3.05) is 0 Å². The minimum absolute atomic E-state index is 0.281. The van der Waals surface area contributed by atoms with Crippen LogP contribution in [0.25, 0.3) is 22.4 Å². The fourth-order valence-electron chi connectivity index (χ4n) is 2.00. The number of aromatic nitrogens is 2. The van der Waals surface area contributed by atoms with Gasteiger partial charge in [-0.3, -0.25) is 10.0 Å². The smallest absolute Gasteiger partial charge is 0.274 e. The van der Waals surface area contributed by atoms with Crippen molar-refractivity contribution in [3.8, 4) is 11.4 Å². The summed E-state index contributed by atoms with van der Waals surface area (Å²) in [5.41, 5.74) is 3.40. The fraction of sp³-hybridized carbons (Fsp3) is 0. The third-order valence-electron chi connectivity index (χ3n) is 2.97. The van der Waals surface area contributed by atoms with Gasteiger partial charge in [0.15, 0.2) is 0 Å². The van der Waals surface area contributed by atoms with Gasteiger partial charge in [0, 0.05) is 5.56 Å². The van der Waals surface area contributed by atoms with E-state index >= 15 is 0 Å². The molecule has 3 aromatic rings. The second-order valence-corrected chi connectivity index (χ2v) is 4.24. The second kappa shape index (κ2) is 4.75. The molecular weight excluding hydrogens is 261 g/mol. The van der Waals surface area contributed by atoms with Crippen molar-refractivity contribution in [3.05, 3.63) is 53.8 Å². The van der Waals surface area contributed by atoms with Crippen LogP contribution in [0, 0.1) is 5.82 Å². The van der Waals surface area contributed by atoms with Crippen LogP contribution in [0.4, 0.5) is 4.39 Å². The monoisotopic (exact) mass is 271 g/mol. The van der Waals surface area contributed by atoms with Crippen molar-refractivity contribution in [2.24, 2.45) is 0 Å². The summed E-state index contributed by atoms with van der Waals surface area (Å²) in [6, 6.07) is 11.0. The molecule has 0 aliphatic heterocycles. The van der Waals surface area contributed by atoms with E-state index < -0.39 is 5.91 Å². The number of hydrogen-bond acceptors (Lipinski definition) is 3. The Bertz CT molecular complexity index is 798. The number of rotatable bonds is 2. The van der Waals surface area contributed by atoms with E-state index in [1.807, 2.05) is 0 Å². The first-order valence-corrected chi connectivity index (χ1v) is 5.88. The van der Waals surface area contributed by atoms with Crippen LogP contribution in [0.5, 0.6) is 0 Å². The highest BCUT2D eigenvalue weighted by molar-refractivity contribution is 5.97. The predicted octanol–water partition coefficient (Wildman–Crippen LogP) is 2.49. The number of imidazole rings is 1. The van der Waals surface area contributed by atoms with E-state index in [2.05, 4.69) is 9.97 Å². The quantitative estimate of drug-likeness (QED) is 0.495. The highest BCUT2D eigenvalue weighted by atomic mass is 19.1. The first kappa shape index (κ1) is 12.3. The molecule has 1 aromatic heterocycles. The lowest BCUT2D eigenvalue weighted by atomic mass is 10.2. The summed E-state index contributed by atoms with van der Waals surface area (Å²) < 4.78 is 13.7. The standard InChI is InChI=1S/C14H10FN3O2/c15-10-4-2-1-3-9(10)13-16-11-6-5-8(14(19)18-20)7-12(11)17-13/h1-7,20H,(H,16,17)(H,18,19). The third-order valence-corrected chi connectivity index (χ3v) is 2.97. The van der Waals surface area contributed by atoms with Crippen molar-refractivity contribution in [2.45, 2.75) is 0 Å². The number of benzene rings is 2. The lowest BCUT2D eigenvalue weighted by Crippen LogP contribution is -2.18. The SMILES string of the molecule is O=C(NO)c1ccc2nc(-c3ccccc3F)[nH]c2c1. The number of fused-ring (bicyclic) bond motifs is 1. The Hall–Kier alpha value is -2.73. The number of carbonyl (C=O) groups excluding carboxylic acids is 1. The van der Waals surface area contributed by atoms with Crippen LogP contribution in [0.15, 0.2) is 42.5 Å². The van der Waals surface area contributed by atoms with E-state index in [0.29, 0.717) is 22.4 Å². The van der Waals surface area contributed by atoms with Crippen LogP contribution in [-0.2, 0) is 0 Å². The summed E-state index contributed by atoms with van der Waals surface area (Å²) in [7, 11) is 0. The summed E-state index contributed by atoms with van der Waals surface area (Å²) >= 11 is 0. The second-order valence-electron chi connectivity index (χ2n) is 4.24. The molecule has 2 aromatic carbocycles. The number of nitrogens with zero attached hydrogens (tertiary/aromatic N) is 1. The minimum Gasteiger partial charge on any atom is -0.338 e. The van der Waals surface area contributed by atoms with Gasteiger partial charge in [-0.15, -0.1) is 0 Å². The maximum atomic E-state index is 13.7. The summed E-state index contributed by atoms with van der Waals surface area (Å²) in [6.45, 7) is 0. The molecule has 5 nitrogen and oxygen atoms in total. The van der Waals surface area contributed by atoms with E-state index in [4.69, 9.17) is 5.21 Å². The normalized spacial score (nSPS) is 10.7. The third kappa shape index (κ3) is 2.02. The molecule has 0 unspecified atom stereocenters. The molecule has 6 heteroatoms. The van der Waals surface area contributed by atoms with Gasteiger partial charge in [0.1, 0.15) is 11.6 Å². The molecule has 3 N–H and O–H groups in total.